The van der Waals surface area contributed by atoms with Gasteiger partial charge in [0.15, 0.2) is 0 Å². The first-order valence-electron chi connectivity index (χ1n) is 3.84. The van der Waals surface area contributed by atoms with Crippen molar-refractivity contribution in [1.29, 1.82) is 0 Å². The summed E-state index contributed by atoms with van der Waals surface area (Å²) in [5.41, 5.74) is -1.65. The van der Waals surface area contributed by atoms with Gasteiger partial charge in [-0.15, -0.1) is 0 Å². The van der Waals surface area contributed by atoms with Crippen molar-refractivity contribution in [1.82, 2.24) is 0 Å². The van der Waals surface area contributed by atoms with Crippen LogP contribution in [0.25, 0.3) is 0 Å². The molecule has 1 atom stereocenters. The van der Waals surface area contributed by atoms with Crippen LogP contribution >= 0.6 is 11.6 Å². The lowest BCUT2D eigenvalue weighted by Crippen LogP contribution is -2.09. The second-order valence-corrected chi connectivity index (χ2v) is 2.98. The molecular weight excluding hydrogens is 211 g/mol. The maximum atomic E-state index is 12.2. The monoisotopic (exact) mass is 218 g/mol. The summed E-state index contributed by atoms with van der Waals surface area (Å²) < 4.78 is 17.1. The molecule has 0 bridgehead atoms. The zero-order valence-corrected chi connectivity index (χ0v) is 7.87. The van der Waals surface area contributed by atoms with Crippen molar-refractivity contribution < 1.29 is 19.0 Å². The first-order chi connectivity index (χ1) is 6.61. The lowest BCUT2D eigenvalue weighted by molar-refractivity contribution is 0.0691. The summed E-state index contributed by atoms with van der Waals surface area (Å²) >= 11 is 5.02. The lowest BCUT2D eigenvalue weighted by atomic mass is 10.2. The predicted molar refractivity (Wildman–Crippen MR) is 49.6 cm³/mol. The number of hydrogen-bond donors (Lipinski definition) is 1. The molecule has 1 N–H and O–H groups in total. The van der Waals surface area contributed by atoms with Gasteiger partial charge < -0.3 is 9.84 Å². The van der Waals surface area contributed by atoms with Crippen molar-refractivity contribution in [2.45, 2.75) is 5.63 Å². The Labute approximate surface area is 85.1 Å². The van der Waals surface area contributed by atoms with Gasteiger partial charge in [0.2, 0.25) is 5.63 Å². The van der Waals surface area contributed by atoms with Crippen LogP contribution in [0.4, 0.5) is 4.39 Å². The second-order valence-electron chi connectivity index (χ2n) is 2.50. The number of carboxylic acids is 1. The largest absolute Gasteiger partial charge is 0.488 e. The van der Waals surface area contributed by atoms with Gasteiger partial charge in [-0.3, -0.25) is 0 Å². The van der Waals surface area contributed by atoms with Crippen molar-refractivity contribution >= 4 is 17.6 Å². The van der Waals surface area contributed by atoms with Gasteiger partial charge in [-0.2, -0.15) is 0 Å². The first-order valence-corrected chi connectivity index (χ1v) is 4.28. The smallest absolute Gasteiger partial charge is 0.339 e. The highest BCUT2D eigenvalue weighted by atomic mass is 35.5. The highest BCUT2D eigenvalue weighted by Crippen LogP contribution is 2.18. The number of rotatable bonds is 4. The Morgan fingerprint density at radius 3 is 2.79 bits per heavy atom. The SMILES string of the molecule is O=C(O)c1ccccc1OCC(F)Cl. The molecule has 0 saturated heterocycles. The van der Waals surface area contributed by atoms with E-state index in [1.165, 1.54) is 12.1 Å². The molecule has 0 fully saturated rings. The molecule has 1 rings (SSSR count). The Balaban J connectivity index is 2.79. The highest BCUT2D eigenvalue weighted by Gasteiger charge is 2.11. The minimum absolute atomic E-state index is 0.00943. The van der Waals surface area contributed by atoms with Crippen molar-refractivity contribution in [3.8, 4) is 5.75 Å². The van der Waals surface area contributed by atoms with Crippen LogP contribution in [0.5, 0.6) is 5.75 Å². The number of ether oxygens (including phenoxy) is 1. The average Bonchev–Trinajstić information content (AvgIpc) is 2.15. The van der Waals surface area contributed by atoms with Crippen LogP contribution in [-0.2, 0) is 0 Å². The zero-order chi connectivity index (χ0) is 10.6. The Bertz CT molecular complexity index is 328. The molecule has 0 aliphatic heterocycles. The fourth-order valence-corrected chi connectivity index (χ4v) is 0.985. The highest BCUT2D eigenvalue weighted by molar-refractivity contribution is 6.19. The number of hydrogen-bond acceptors (Lipinski definition) is 2. The number of carboxylic acid groups (broad SMARTS) is 1. The standard InChI is InChI=1S/C9H8ClFO3/c10-8(11)5-14-7-4-2-1-3-6(7)9(12)13/h1-4,8H,5H2,(H,12,13). The first kappa shape index (κ1) is 10.8. The number of carbonyl (C=O) groups is 1. The van der Waals surface area contributed by atoms with Crippen molar-refractivity contribution in [3.05, 3.63) is 29.8 Å². The van der Waals surface area contributed by atoms with Gasteiger partial charge in [0.05, 0.1) is 0 Å². The molecule has 3 nitrogen and oxygen atoms in total. The molecule has 0 radical (unpaired) electrons. The van der Waals surface area contributed by atoms with Crippen LogP contribution < -0.4 is 4.74 Å². The maximum Gasteiger partial charge on any atom is 0.339 e. The third kappa shape index (κ3) is 2.88. The Morgan fingerprint density at radius 2 is 2.21 bits per heavy atom. The third-order valence-electron chi connectivity index (χ3n) is 1.48. The van der Waals surface area contributed by atoms with E-state index in [-0.39, 0.29) is 17.9 Å². The number of para-hydroxylation sites is 1. The molecule has 5 heteroatoms. The molecule has 1 unspecified atom stereocenters. The number of benzene rings is 1. The van der Waals surface area contributed by atoms with Crippen LogP contribution in [0.1, 0.15) is 10.4 Å². The summed E-state index contributed by atoms with van der Waals surface area (Å²) in [6.45, 7) is -0.369. The molecule has 0 aliphatic rings. The summed E-state index contributed by atoms with van der Waals surface area (Å²) in [6, 6.07) is 5.98. The van der Waals surface area contributed by atoms with Gasteiger partial charge in [-0.05, 0) is 12.1 Å². The van der Waals surface area contributed by atoms with Crippen LogP contribution in [0.2, 0.25) is 0 Å². The van der Waals surface area contributed by atoms with Gasteiger partial charge in [0, 0.05) is 0 Å². The molecular formula is C9H8ClFO3. The molecule has 0 saturated carbocycles. The fraction of sp³-hybridized carbons (Fsp3) is 0.222. The quantitative estimate of drug-likeness (QED) is 0.789. The van der Waals surface area contributed by atoms with Gasteiger partial charge in [-0.25, -0.2) is 9.18 Å². The second kappa shape index (κ2) is 4.81. The lowest BCUT2D eigenvalue weighted by Gasteiger charge is -2.07. The summed E-state index contributed by atoms with van der Waals surface area (Å²) in [6.07, 6.45) is 0. The molecule has 1 aromatic rings. The van der Waals surface area contributed by atoms with Crippen molar-refractivity contribution in [3.63, 3.8) is 0 Å². The van der Waals surface area contributed by atoms with Gasteiger partial charge in [-0.1, -0.05) is 23.7 Å². The van der Waals surface area contributed by atoms with E-state index in [1.54, 1.807) is 12.1 Å². The van der Waals surface area contributed by atoms with Gasteiger partial charge in [0.1, 0.15) is 17.9 Å². The predicted octanol–water partition coefficient (Wildman–Crippen LogP) is 2.30. The van der Waals surface area contributed by atoms with E-state index < -0.39 is 11.6 Å². The van der Waals surface area contributed by atoms with Gasteiger partial charge in [0.25, 0.3) is 0 Å². The van der Waals surface area contributed by atoms with Crippen LogP contribution in [-0.4, -0.2) is 23.3 Å². The zero-order valence-electron chi connectivity index (χ0n) is 7.11. The molecule has 0 spiro atoms. The van der Waals surface area contributed by atoms with E-state index in [1.807, 2.05) is 0 Å². The minimum Gasteiger partial charge on any atom is -0.488 e. The molecule has 0 heterocycles. The number of halogens is 2. The molecule has 1 aromatic carbocycles. The van der Waals surface area contributed by atoms with Crippen LogP contribution in [0.3, 0.4) is 0 Å². The normalized spacial score (nSPS) is 12.1. The Hall–Kier alpha value is -1.29. The van der Waals surface area contributed by atoms with E-state index in [2.05, 4.69) is 0 Å². The molecule has 76 valence electrons. The molecule has 0 aromatic heterocycles. The van der Waals surface area contributed by atoms with E-state index in [4.69, 9.17) is 21.4 Å². The molecule has 14 heavy (non-hydrogen) atoms. The van der Waals surface area contributed by atoms with Crippen molar-refractivity contribution in [2.75, 3.05) is 6.61 Å². The summed E-state index contributed by atoms with van der Waals surface area (Å²) in [5, 5.41) is 8.72. The van der Waals surface area contributed by atoms with Crippen molar-refractivity contribution in [2.24, 2.45) is 0 Å². The van der Waals surface area contributed by atoms with E-state index in [9.17, 15) is 9.18 Å². The number of alkyl halides is 2. The average molecular weight is 219 g/mol. The van der Waals surface area contributed by atoms with Crippen LogP contribution in [0, 0.1) is 0 Å². The van der Waals surface area contributed by atoms with Crippen LogP contribution in [0.15, 0.2) is 24.3 Å². The van der Waals surface area contributed by atoms with E-state index >= 15 is 0 Å². The Morgan fingerprint density at radius 1 is 1.57 bits per heavy atom. The Kier molecular flexibility index (Phi) is 3.71. The number of aromatic carboxylic acids is 1. The summed E-state index contributed by atoms with van der Waals surface area (Å²) in [4.78, 5) is 10.7. The summed E-state index contributed by atoms with van der Waals surface area (Å²) in [7, 11) is 0. The van der Waals surface area contributed by atoms with E-state index in [0.29, 0.717) is 0 Å². The van der Waals surface area contributed by atoms with E-state index in [0.717, 1.165) is 0 Å². The fourth-order valence-electron chi connectivity index (χ4n) is 0.922. The van der Waals surface area contributed by atoms with Gasteiger partial charge >= 0.3 is 5.97 Å². The summed E-state index contributed by atoms with van der Waals surface area (Å²) in [5.74, 6) is -1.01. The molecule has 0 aliphatic carbocycles. The minimum atomic E-state index is -1.64. The third-order valence-corrected chi connectivity index (χ3v) is 1.61. The molecule has 0 amide bonds. The topological polar surface area (TPSA) is 46.5 Å². The maximum absolute atomic E-state index is 12.2.